The van der Waals surface area contributed by atoms with Gasteiger partial charge in [-0.1, -0.05) is 16.7 Å². The zero-order valence-corrected chi connectivity index (χ0v) is 9.36. The van der Waals surface area contributed by atoms with E-state index < -0.39 is 0 Å². The van der Waals surface area contributed by atoms with Gasteiger partial charge in [-0.15, -0.1) is 5.10 Å². The Balaban J connectivity index is 2.34. The number of benzene rings is 1. The molecule has 0 unspecified atom stereocenters. The monoisotopic (exact) mass is 239 g/mol. The summed E-state index contributed by atoms with van der Waals surface area (Å²) in [4.78, 5) is 0. The van der Waals surface area contributed by atoms with Crippen LogP contribution in [0.2, 0.25) is 5.02 Å². The molecule has 0 aliphatic rings. The van der Waals surface area contributed by atoms with Crippen molar-refractivity contribution in [2.24, 2.45) is 0 Å². The van der Waals surface area contributed by atoms with E-state index in [2.05, 4.69) is 10.2 Å². The van der Waals surface area contributed by atoms with Crippen LogP contribution in [0.15, 0.2) is 22.6 Å². The van der Waals surface area contributed by atoms with Gasteiger partial charge in [0.25, 0.3) is 0 Å². The molecule has 1 aromatic heterocycles. The molecule has 0 bridgehead atoms. The number of hydrogen-bond donors (Lipinski definition) is 1. The zero-order valence-electron chi connectivity index (χ0n) is 8.61. The third kappa shape index (κ3) is 2.09. The van der Waals surface area contributed by atoms with Crippen LogP contribution in [0.3, 0.4) is 0 Å². The van der Waals surface area contributed by atoms with Crippen LogP contribution in [-0.4, -0.2) is 16.8 Å². The quantitative estimate of drug-likeness (QED) is 0.890. The molecule has 0 saturated heterocycles. The maximum absolute atomic E-state index is 6.02. The summed E-state index contributed by atoms with van der Waals surface area (Å²) in [5.74, 6) is 0.961. The molecule has 2 N–H and O–H groups in total. The zero-order chi connectivity index (χ0) is 11.5. The summed E-state index contributed by atoms with van der Waals surface area (Å²) in [6.45, 7) is 2.45. The number of halogens is 1. The minimum absolute atomic E-state index is 0.0278. The lowest BCUT2D eigenvalue weighted by Crippen LogP contribution is -1.92. The summed E-state index contributed by atoms with van der Waals surface area (Å²) in [5.41, 5.74) is 6.04. The lowest BCUT2D eigenvalue weighted by atomic mass is 10.2. The van der Waals surface area contributed by atoms with Crippen molar-refractivity contribution in [2.75, 3.05) is 12.3 Å². The van der Waals surface area contributed by atoms with E-state index in [1.54, 1.807) is 18.2 Å². The molecule has 0 spiro atoms. The van der Waals surface area contributed by atoms with Crippen LogP contribution in [-0.2, 0) is 0 Å². The van der Waals surface area contributed by atoms with Crippen molar-refractivity contribution in [2.45, 2.75) is 6.92 Å². The summed E-state index contributed by atoms with van der Waals surface area (Å²) >= 11 is 6.02. The van der Waals surface area contributed by atoms with Gasteiger partial charge in [-0.05, 0) is 25.1 Å². The van der Waals surface area contributed by atoms with Gasteiger partial charge in [0, 0.05) is 5.56 Å². The van der Waals surface area contributed by atoms with Crippen molar-refractivity contribution in [1.29, 1.82) is 0 Å². The van der Waals surface area contributed by atoms with E-state index in [9.17, 15) is 0 Å². The Morgan fingerprint density at radius 3 is 2.81 bits per heavy atom. The predicted molar refractivity (Wildman–Crippen MR) is 60.3 cm³/mol. The smallest absolute Gasteiger partial charge is 0.313 e. The molecule has 0 saturated carbocycles. The molecule has 6 heteroatoms. The summed E-state index contributed by atoms with van der Waals surface area (Å²) in [5, 5.41) is 7.83. The largest absolute Gasteiger partial charge is 0.492 e. The van der Waals surface area contributed by atoms with Gasteiger partial charge >= 0.3 is 6.01 Å². The van der Waals surface area contributed by atoms with Crippen LogP contribution in [0, 0.1) is 0 Å². The molecule has 16 heavy (non-hydrogen) atoms. The minimum atomic E-state index is 0.0278. The van der Waals surface area contributed by atoms with Gasteiger partial charge in [0.2, 0.25) is 5.89 Å². The Kier molecular flexibility index (Phi) is 2.96. The first-order valence-electron chi connectivity index (χ1n) is 4.72. The number of nitrogens with zero attached hydrogens (tertiary/aromatic N) is 2. The van der Waals surface area contributed by atoms with Crippen LogP contribution in [0.5, 0.6) is 5.75 Å². The van der Waals surface area contributed by atoms with Crippen LogP contribution in [0.25, 0.3) is 11.5 Å². The summed E-state index contributed by atoms with van der Waals surface area (Å²) in [6.07, 6.45) is 0. The van der Waals surface area contributed by atoms with Crippen molar-refractivity contribution < 1.29 is 9.15 Å². The molecule has 1 aromatic carbocycles. The summed E-state index contributed by atoms with van der Waals surface area (Å²) < 4.78 is 10.4. The second kappa shape index (κ2) is 4.40. The van der Waals surface area contributed by atoms with Crippen LogP contribution < -0.4 is 10.5 Å². The van der Waals surface area contributed by atoms with Crippen molar-refractivity contribution in [3.63, 3.8) is 0 Å². The second-order valence-electron chi connectivity index (χ2n) is 3.02. The van der Waals surface area contributed by atoms with Gasteiger partial charge in [-0.3, -0.25) is 0 Å². The fourth-order valence-electron chi connectivity index (χ4n) is 1.26. The molecule has 2 rings (SSSR count). The number of anilines is 1. The molecule has 1 heterocycles. The second-order valence-corrected chi connectivity index (χ2v) is 3.43. The van der Waals surface area contributed by atoms with Crippen LogP contribution >= 0.6 is 11.6 Å². The Hall–Kier alpha value is -1.75. The third-order valence-corrected chi connectivity index (χ3v) is 2.21. The van der Waals surface area contributed by atoms with Crippen LogP contribution in [0.4, 0.5) is 6.01 Å². The van der Waals surface area contributed by atoms with E-state index in [0.717, 1.165) is 0 Å². The topological polar surface area (TPSA) is 74.2 Å². The molecular formula is C10H10ClN3O2. The normalized spacial score (nSPS) is 10.4. The van der Waals surface area contributed by atoms with Crippen LogP contribution in [0.1, 0.15) is 6.92 Å². The molecule has 0 atom stereocenters. The Morgan fingerprint density at radius 2 is 2.25 bits per heavy atom. The first-order chi connectivity index (χ1) is 7.70. The lowest BCUT2D eigenvalue weighted by Gasteiger charge is -2.05. The predicted octanol–water partition coefficient (Wildman–Crippen LogP) is 2.37. The third-order valence-electron chi connectivity index (χ3n) is 1.92. The highest BCUT2D eigenvalue weighted by Crippen LogP contribution is 2.29. The van der Waals surface area contributed by atoms with E-state index in [1.807, 2.05) is 6.92 Å². The first kappa shape index (κ1) is 10.8. The van der Waals surface area contributed by atoms with Gasteiger partial charge < -0.3 is 14.9 Å². The average molecular weight is 240 g/mol. The van der Waals surface area contributed by atoms with E-state index in [1.165, 1.54) is 0 Å². The molecule has 0 aliphatic heterocycles. The van der Waals surface area contributed by atoms with Crippen molar-refractivity contribution in [1.82, 2.24) is 10.2 Å². The van der Waals surface area contributed by atoms with Gasteiger partial charge in [0.05, 0.1) is 11.6 Å². The fourth-order valence-corrected chi connectivity index (χ4v) is 1.49. The van der Waals surface area contributed by atoms with E-state index >= 15 is 0 Å². The number of ether oxygens (including phenoxy) is 1. The van der Waals surface area contributed by atoms with E-state index in [0.29, 0.717) is 28.8 Å². The molecule has 0 aliphatic carbocycles. The standard InChI is InChI=1S/C10H10ClN3O2/c1-2-15-8-4-3-6(5-7(8)11)9-13-14-10(12)16-9/h3-5H,2H2,1H3,(H2,12,14). The highest BCUT2D eigenvalue weighted by Gasteiger charge is 2.09. The van der Waals surface area contributed by atoms with Gasteiger partial charge in [-0.2, -0.15) is 0 Å². The maximum atomic E-state index is 6.02. The molecule has 84 valence electrons. The van der Waals surface area contributed by atoms with Crippen molar-refractivity contribution in [3.8, 4) is 17.2 Å². The molecule has 5 nitrogen and oxygen atoms in total. The van der Waals surface area contributed by atoms with E-state index in [4.69, 9.17) is 26.5 Å². The Bertz CT molecular complexity index is 499. The molecule has 0 radical (unpaired) electrons. The highest BCUT2D eigenvalue weighted by atomic mass is 35.5. The Labute approximate surface area is 97.2 Å². The number of nitrogen functional groups attached to an aromatic ring is 1. The molecular weight excluding hydrogens is 230 g/mol. The average Bonchev–Trinajstić information content (AvgIpc) is 2.68. The minimum Gasteiger partial charge on any atom is -0.492 e. The first-order valence-corrected chi connectivity index (χ1v) is 5.10. The molecule has 2 aromatic rings. The lowest BCUT2D eigenvalue weighted by molar-refractivity contribution is 0.340. The van der Waals surface area contributed by atoms with Crippen molar-refractivity contribution in [3.05, 3.63) is 23.2 Å². The summed E-state index contributed by atoms with van der Waals surface area (Å²) in [7, 11) is 0. The Morgan fingerprint density at radius 1 is 1.44 bits per heavy atom. The molecule has 0 fully saturated rings. The molecule has 0 amide bonds. The maximum Gasteiger partial charge on any atom is 0.313 e. The van der Waals surface area contributed by atoms with Crippen molar-refractivity contribution >= 4 is 17.6 Å². The highest BCUT2D eigenvalue weighted by molar-refractivity contribution is 6.32. The fraction of sp³-hybridized carbons (Fsp3) is 0.200. The van der Waals surface area contributed by atoms with Gasteiger partial charge in [0.15, 0.2) is 0 Å². The van der Waals surface area contributed by atoms with E-state index in [-0.39, 0.29) is 6.01 Å². The van der Waals surface area contributed by atoms with Gasteiger partial charge in [0.1, 0.15) is 5.75 Å². The van der Waals surface area contributed by atoms with Gasteiger partial charge in [-0.25, -0.2) is 0 Å². The number of rotatable bonds is 3. The number of nitrogens with two attached hydrogens (primary N) is 1. The SMILES string of the molecule is CCOc1ccc(-c2nnc(N)o2)cc1Cl. The summed E-state index contributed by atoms with van der Waals surface area (Å²) in [6, 6.07) is 5.25. The number of hydrogen-bond acceptors (Lipinski definition) is 5. The number of aromatic nitrogens is 2.